The number of pyridine rings is 1. The fourth-order valence-corrected chi connectivity index (χ4v) is 4.39. The van der Waals surface area contributed by atoms with Crippen LogP contribution in [-0.2, 0) is 27.1 Å². The van der Waals surface area contributed by atoms with E-state index in [0.717, 1.165) is 29.3 Å². The van der Waals surface area contributed by atoms with Crippen LogP contribution in [0.4, 0.5) is 23.4 Å². The highest BCUT2D eigenvalue weighted by molar-refractivity contribution is 6.30. The van der Waals surface area contributed by atoms with E-state index < -0.39 is 53.3 Å². The average Bonchev–Trinajstić information content (AvgIpc) is 2.69. The van der Waals surface area contributed by atoms with Gasteiger partial charge in [-0.05, 0) is 36.6 Å². The van der Waals surface area contributed by atoms with Crippen LogP contribution in [0.3, 0.4) is 0 Å². The van der Waals surface area contributed by atoms with Crippen LogP contribution in [0.15, 0.2) is 36.5 Å². The predicted molar refractivity (Wildman–Crippen MR) is 108 cm³/mol. The molecule has 3 amide bonds. The lowest BCUT2D eigenvalue weighted by Gasteiger charge is -2.56. The number of carbonyl (C=O) groups excluding carboxylic acids is 3. The number of hydrogen-bond acceptors (Lipinski definition) is 4. The Morgan fingerprint density at radius 2 is 1.85 bits per heavy atom. The molecule has 1 aromatic heterocycles. The first-order valence-corrected chi connectivity index (χ1v) is 10.2. The molecule has 1 saturated carbocycles. The number of anilines is 1. The SMILES string of the molecule is NC(=O)[C@H]1C[C@@]2(C1)C(=O)N(c1ncc(Cl)cc1F)CC(=O)N2Cc1ccc(C(F)(F)F)cc1. The maximum Gasteiger partial charge on any atom is 0.416 e. The van der Waals surface area contributed by atoms with Gasteiger partial charge in [0, 0.05) is 18.7 Å². The standard InChI is InChI=1S/C21H17ClF4N4O3/c22-14-5-15(23)18(28-8-14)29-10-16(31)30(20(19(29)33)6-12(7-20)17(27)32)9-11-1-3-13(4-2-11)21(24,25)26/h1-5,8,12H,6-7,9-10H2,(H2,27,32)/t12-,20+. The van der Waals surface area contributed by atoms with E-state index in [2.05, 4.69) is 4.98 Å². The summed E-state index contributed by atoms with van der Waals surface area (Å²) in [5.41, 5.74) is 3.36. The van der Waals surface area contributed by atoms with Gasteiger partial charge in [-0.3, -0.25) is 19.3 Å². The maximum absolute atomic E-state index is 14.5. The van der Waals surface area contributed by atoms with Gasteiger partial charge in [0.05, 0.1) is 10.6 Å². The van der Waals surface area contributed by atoms with Crippen LogP contribution in [0.5, 0.6) is 0 Å². The summed E-state index contributed by atoms with van der Waals surface area (Å²) < 4.78 is 53.0. The molecule has 2 aromatic rings. The van der Waals surface area contributed by atoms with Gasteiger partial charge in [-0.25, -0.2) is 9.37 Å². The van der Waals surface area contributed by atoms with E-state index in [-0.39, 0.29) is 30.2 Å². The molecular formula is C21H17ClF4N4O3. The highest BCUT2D eigenvalue weighted by Crippen LogP contribution is 2.47. The Labute approximate surface area is 190 Å². The van der Waals surface area contributed by atoms with Gasteiger partial charge in [0.15, 0.2) is 11.6 Å². The number of carbonyl (C=O) groups is 3. The minimum absolute atomic E-state index is 0.00288. The van der Waals surface area contributed by atoms with Gasteiger partial charge >= 0.3 is 6.18 Å². The zero-order valence-corrected chi connectivity index (χ0v) is 17.7. The summed E-state index contributed by atoms with van der Waals surface area (Å²) in [5.74, 6) is -3.84. The number of nitrogens with two attached hydrogens (primary N) is 1. The number of rotatable bonds is 4. The first kappa shape index (κ1) is 23.0. The summed E-state index contributed by atoms with van der Waals surface area (Å²) >= 11 is 5.72. The number of alkyl halides is 3. The summed E-state index contributed by atoms with van der Waals surface area (Å²) in [6, 6.07) is 5.14. The number of aromatic nitrogens is 1. The number of amides is 3. The molecule has 2 N–H and O–H groups in total. The topological polar surface area (TPSA) is 96.6 Å². The fraction of sp³-hybridized carbons (Fsp3) is 0.333. The number of benzene rings is 1. The van der Waals surface area contributed by atoms with E-state index in [4.69, 9.17) is 17.3 Å². The van der Waals surface area contributed by atoms with Crippen molar-refractivity contribution in [2.45, 2.75) is 31.1 Å². The summed E-state index contributed by atoms with van der Waals surface area (Å²) in [7, 11) is 0. The molecule has 174 valence electrons. The molecule has 2 heterocycles. The van der Waals surface area contributed by atoms with Gasteiger partial charge < -0.3 is 10.6 Å². The number of hydrogen-bond donors (Lipinski definition) is 1. The lowest BCUT2D eigenvalue weighted by atomic mass is 9.65. The smallest absolute Gasteiger partial charge is 0.369 e. The molecule has 12 heteroatoms. The zero-order valence-electron chi connectivity index (χ0n) is 16.9. The van der Waals surface area contributed by atoms with Gasteiger partial charge in [0.2, 0.25) is 11.8 Å². The van der Waals surface area contributed by atoms with Crippen LogP contribution >= 0.6 is 11.6 Å². The Bertz CT molecular complexity index is 1130. The normalized spacial score (nSPS) is 23.1. The summed E-state index contributed by atoms with van der Waals surface area (Å²) in [6.07, 6.45) is -3.56. The van der Waals surface area contributed by atoms with Crippen molar-refractivity contribution in [3.05, 3.63) is 58.5 Å². The molecule has 1 saturated heterocycles. The van der Waals surface area contributed by atoms with Crippen LogP contribution in [0.25, 0.3) is 0 Å². The molecule has 0 bridgehead atoms. The van der Waals surface area contributed by atoms with Crippen molar-refractivity contribution in [1.82, 2.24) is 9.88 Å². The fourth-order valence-electron chi connectivity index (χ4n) is 4.25. The van der Waals surface area contributed by atoms with Gasteiger partial charge in [-0.2, -0.15) is 13.2 Å². The Morgan fingerprint density at radius 3 is 2.39 bits per heavy atom. The Morgan fingerprint density at radius 1 is 1.21 bits per heavy atom. The molecule has 4 rings (SSSR count). The second-order valence-electron chi connectivity index (χ2n) is 8.06. The molecule has 0 atom stereocenters. The third-order valence-corrected chi connectivity index (χ3v) is 6.20. The first-order chi connectivity index (χ1) is 15.4. The van der Waals surface area contributed by atoms with Crippen LogP contribution in [0.1, 0.15) is 24.0 Å². The highest BCUT2D eigenvalue weighted by Gasteiger charge is 2.61. The molecule has 1 aliphatic carbocycles. The van der Waals surface area contributed by atoms with Crippen LogP contribution in [-0.4, -0.2) is 39.7 Å². The molecule has 0 radical (unpaired) electrons. The molecule has 1 aromatic carbocycles. The van der Waals surface area contributed by atoms with Crippen molar-refractivity contribution in [1.29, 1.82) is 0 Å². The number of halogens is 5. The second-order valence-corrected chi connectivity index (χ2v) is 8.50. The molecule has 33 heavy (non-hydrogen) atoms. The highest BCUT2D eigenvalue weighted by atomic mass is 35.5. The van der Waals surface area contributed by atoms with Crippen molar-refractivity contribution in [2.75, 3.05) is 11.4 Å². The van der Waals surface area contributed by atoms with Crippen LogP contribution < -0.4 is 10.6 Å². The van der Waals surface area contributed by atoms with Gasteiger partial charge in [0.25, 0.3) is 5.91 Å². The van der Waals surface area contributed by atoms with Crippen molar-refractivity contribution >= 4 is 35.1 Å². The first-order valence-electron chi connectivity index (χ1n) is 9.81. The predicted octanol–water partition coefficient (Wildman–Crippen LogP) is 2.90. The summed E-state index contributed by atoms with van der Waals surface area (Å²) in [6.45, 7) is -0.702. The van der Waals surface area contributed by atoms with Crippen LogP contribution in [0, 0.1) is 11.7 Å². The van der Waals surface area contributed by atoms with E-state index in [1.165, 1.54) is 17.0 Å². The minimum Gasteiger partial charge on any atom is -0.369 e. The van der Waals surface area contributed by atoms with E-state index in [1.807, 2.05) is 0 Å². The van der Waals surface area contributed by atoms with Crippen molar-refractivity contribution in [3.8, 4) is 0 Å². The van der Waals surface area contributed by atoms with Crippen LogP contribution in [0.2, 0.25) is 5.02 Å². The van der Waals surface area contributed by atoms with E-state index in [0.29, 0.717) is 5.56 Å². The van der Waals surface area contributed by atoms with Crippen molar-refractivity contribution in [2.24, 2.45) is 11.7 Å². The Kier molecular flexibility index (Phi) is 5.55. The quantitative estimate of drug-likeness (QED) is 0.675. The molecular weight excluding hydrogens is 468 g/mol. The maximum atomic E-state index is 14.5. The molecule has 2 fully saturated rings. The van der Waals surface area contributed by atoms with Gasteiger partial charge in [-0.15, -0.1) is 0 Å². The third-order valence-electron chi connectivity index (χ3n) is 5.99. The van der Waals surface area contributed by atoms with Gasteiger partial charge in [-0.1, -0.05) is 23.7 Å². The largest absolute Gasteiger partial charge is 0.416 e. The average molecular weight is 485 g/mol. The van der Waals surface area contributed by atoms with Crippen molar-refractivity contribution < 1.29 is 31.9 Å². The second kappa shape index (κ2) is 7.98. The monoisotopic (exact) mass is 484 g/mol. The molecule has 1 spiro atoms. The Balaban J connectivity index is 1.67. The molecule has 7 nitrogen and oxygen atoms in total. The third kappa shape index (κ3) is 4.01. The van der Waals surface area contributed by atoms with E-state index in [1.54, 1.807) is 0 Å². The number of primary amides is 1. The summed E-state index contributed by atoms with van der Waals surface area (Å²) in [5, 5.41) is 0.00288. The lowest BCUT2D eigenvalue weighted by molar-refractivity contribution is -0.164. The van der Waals surface area contributed by atoms with Gasteiger partial charge in [0.1, 0.15) is 12.1 Å². The zero-order chi connectivity index (χ0) is 24.1. The minimum atomic E-state index is -4.52. The molecule has 1 aliphatic heterocycles. The number of nitrogens with zero attached hydrogens (tertiary/aromatic N) is 3. The van der Waals surface area contributed by atoms with E-state index in [9.17, 15) is 31.9 Å². The number of piperazine rings is 1. The molecule has 0 unspecified atom stereocenters. The lowest BCUT2D eigenvalue weighted by Crippen LogP contribution is -2.73. The van der Waals surface area contributed by atoms with E-state index >= 15 is 0 Å². The summed E-state index contributed by atoms with van der Waals surface area (Å²) in [4.78, 5) is 44.1. The Hall–Kier alpha value is -3.21. The van der Waals surface area contributed by atoms with Crippen molar-refractivity contribution in [3.63, 3.8) is 0 Å². The molecule has 2 aliphatic rings.